The van der Waals surface area contributed by atoms with E-state index in [-0.39, 0.29) is 23.3 Å². The van der Waals surface area contributed by atoms with Crippen molar-refractivity contribution < 1.29 is 17.6 Å². The third kappa shape index (κ3) is 5.43. The van der Waals surface area contributed by atoms with E-state index in [9.17, 15) is 17.6 Å². The van der Waals surface area contributed by atoms with Crippen molar-refractivity contribution >= 4 is 15.7 Å². The summed E-state index contributed by atoms with van der Waals surface area (Å²) in [5, 5.41) is 1.76. The lowest BCUT2D eigenvalue weighted by atomic mass is 10.2. The minimum absolute atomic E-state index is 0.0137. The molecule has 0 aromatic heterocycles. The molecule has 1 amide bonds. The Bertz CT molecular complexity index is 570. The zero-order chi connectivity index (χ0) is 16.0. The Balaban J connectivity index is 2.63. The molecule has 0 saturated carbocycles. The maximum Gasteiger partial charge on any atom is 0.221 e. The second-order valence-corrected chi connectivity index (χ2v) is 7.50. The van der Waals surface area contributed by atoms with Gasteiger partial charge < -0.3 is 11.1 Å². The molecule has 7 heteroatoms. The summed E-state index contributed by atoms with van der Waals surface area (Å²) in [6, 6.07) is 4.56. The van der Waals surface area contributed by atoms with Crippen LogP contribution in [0.1, 0.15) is 26.7 Å². The summed E-state index contributed by atoms with van der Waals surface area (Å²) in [6.45, 7) is 3.71. The molecular weight excluding hydrogens is 295 g/mol. The average molecular weight is 316 g/mol. The molecule has 3 N–H and O–H groups in total. The van der Waals surface area contributed by atoms with Gasteiger partial charge in [0.05, 0.1) is 10.1 Å². The zero-order valence-electron chi connectivity index (χ0n) is 12.2. The highest BCUT2D eigenvalue weighted by molar-refractivity contribution is 7.92. The van der Waals surface area contributed by atoms with Gasteiger partial charge in [0.25, 0.3) is 0 Å². The van der Waals surface area contributed by atoms with Crippen LogP contribution in [0.15, 0.2) is 29.2 Å². The number of amides is 1. The van der Waals surface area contributed by atoms with E-state index in [0.717, 1.165) is 12.1 Å². The van der Waals surface area contributed by atoms with E-state index in [1.807, 2.05) is 6.92 Å². The van der Waals surface area contributed by atoms with E-state index in [1.165, 1.54) is 19.1 Å². The summed E-state index contributed by atoms with van der Waals surface area (Å²) in [5.41, 5.74) is 5.56. The number of hydrogen-bond acceptors (Lipinski definition) is 4. The molecule has 21 heavy (non-hydrogen) atoms. The molecule has 0 fully saturated rings. The molecule has 0 aliphatic rings. The van der Waals surface area contributed by atoms with E-state index in [1.54, 1.807) is 0 Å². The van der Waals surface area contributed by atoms with Gasteiger partial charge in [0, 0.05) is 19.0 Å². The van der Waals surface area contributed by atoms with Crippen LogP contribution in [-0.2, 0) is 14.6 Å². The fraction of sp³-hybridized carbons (Fsp3) is 0.500. The SMILES string of the molecule is CC(N)CCNC(=O)CC(C)S(=O)(=O)c1ccc(F)cc1. The number of hydrogen-bond donors (Lipinski definition) is 2. The van der Waals surface area contributed by atoms with Crippen molar-refractivity contribution in [2.45, 2.75) is 42.9 Å². The average Bonchev–Trinajstić information content (AvgIpc) is 2.38. The van der Waals surface area contributed by atoms with E-state index >= 15 is 0 Å². The zero-order valence-corrected chi connectivity index (χ0v) is 13.0. The largest absolute Gasteiger partial charge is 0.356 e. The molecule has 1 aromatic rings. The van der Waals surface area contributed by atoms with Crippen LogP contribution < -0.4 is 11.1 Å². The number of nitrogens with one attached hydrogen (secondary N) is 1. The number of rotatable bonds is 7. The maximum atomic E-state index is 12.8. The summed E-state index contributed by atoms with van der Waals surface area (Å²) in [7, 11) is -3.64. The number of sulfone groups is 1. The molecule has 0 spiro atoms. The highest BCUT2D eigenvalue weighted by atomic mass is 32.2. The summed E-state index contributed by atoms with van der Waals surface area (Å²) in [4.78, 5) is 11.7. The molecule has 5 nitrogen and oxygen atoms in total. The lowest BCUT2D eigenvalue weighted by Crippen LogP contribution is -2.32. The first-order valence-electron chi connectivity index (χ1n) is 6.75. The van der Waals surface area contributed by atoms with Gasteiger partial charge >= 0.3 is 0 Å². The minimum atomic E-state index is -3.64. The van der Waals surface area contributed by atoms with Crippen LogP contribution in [0.25, 0.3) is 0 Å². The third-order valence-electron chi connectivity index (χ3n) is 3.07. The smallest absolute Gasteiger partial charge is 0.221 e. The molecule has 0 radical (unpaired) electrons. The first-order chi connectivity index (χ1) is 9.73. The van der Waals surface area contributed by atoms with Crippen LogP contribution in [0.3, 0.4) is 0 Å². The van der Waals surface area contributed by atoms with Gasteiger partial charge in [-0.15, -0.1) is 0 Å². The van der Waals surface area contributed by atoms with Gasteiger partial charge in [0.1, 0.15) is 5.82 Å². The van der Waals surface area contributed by atoms with Crippen molar-refractivity contribution in [2.24, 2.45) is 5.73 Å². The molecule has 2 unspecified atom stereocenters. The van der Waals surface area contributed by atoms with Crippen molar-refractivity contribution in [1.29, 1.82) is 0 Å². The van der Waals surface area contributed by atoms with E-state index in [4.69, 9.17) is 5.73 Å². The lowest BCUT2D eigenvalue weighted by Gasteiger charge is -2.13. The second-order valence-electron chi connectivity index (χ2n) is 5.13. The van der Waals surface area contributed by atoms with Crippen LogP contribution in [0, 0.1) is 5.82 Å². The molecule has 2 atom stereocenters. The highest BCUT2D eigenvalue weighted by Gasteiger charge is 2.25. The van der Waals surface area contributed by atoms with Crippen LogP contribution in [0.2, 0.25) is 0 Å². The Hall–Kier alpha value is -1.47. The molecule has 0 heterocycles. The maximum absolute atomic E-state index is 12.8. The van der Waals surface area contributed by atoms with Gasteiger partial charge in [-0.3, -0.25) is 4.79 Å². The quantitative estimate of drug-likeness (QED) is 0.741. The minimum Gasteiger partial charge on any atom is -0.356 e. The normalized spacial score (nSPS) is 14.5. The van der Waals surface area contributed by atoms with Crippen LogP contribution in [0.4, 0.5) is 4.39 Å². The summed E-state index contributed by atoms with van der Waals surface area (Å²) < 4.78 is 37.3. The number of benzene rings is 1. The van der Waals surface area contributed by atoms with Crippen LogP contribution in [-0.4, -0.2) is 32.2 Å². The molecular formula is C14H21FN2O3S. The number of nitrogens with two attached hydrogens (primary N) is 1. The van der Waals surface area contributed by atoms with Gasteiger partial charge in [0.2, 0.25) is 5.91 Å². The predicted octanol–water partition coefficient (Wildman–Crippen LogP) is 1.23. The van der Waals surface area contributed by atoms with Crippen molar-refractivity contribution in [2.75, 3.05) is 6.54 Å². The van der Waals surface area contributed by atoms with Crippen molar-refractivity contribution in [1.82, 2.24) is 5.32 Å². The third-order valence-corrected chi connectivity index (χ3v) is 5.22. The topological polar surface area (TPSA) is 89.3 Å². The number of carbonyl (C=O) groups excluding carboxylic acids is 1. The fourth-order valence-electron chi connectivity index (χ4n) is 1.74. The predicted molar refractivity (Wildman–Crippen MR) is 78.9 cm³/mol. The standard InChI is InChI=1S/C14H21FN2O3S/c1-10(16)7-8-17-14(18)9-11(2)21(19,20)13-5-3-12(15)4-6-13/h3-6,10-11H,7-9,16H2,1-2H3,(H,17,18). The summed E-state index contributed by atoms with van der Waals surface area (Å²) >= 11 is 0. The highest BCUT2D eigenvalue weighted by Crippen LogP contribution is 2.18. The Morgan fingerprint density at radius 2 is 1.86 bits per heavy atom. The first-order valence-corrected chi connectivity index (χ1v) is 8.30. The van der Waals surface area contributed by atoms with E-state index in [0.29, 0.717) is 13.0 Å². The van der Waals surface area contributed by atoms with Crippen LogP contribution >= 0.6 is 0 Å². The van der Waals surface area contributed by atoms with Gasteiger partial charge in [-0.2, -0.15) is 0 Å². The van der Waals surface area contributed by atoms with E-state index in [2.05, 4.69) is 5.32 Å². The fourth-order valence-corrected chi connectivity index (χ4v) is 3.09. The van der Waals surface area contributed by atoms with E-state index < -0.39 is 20.9 Å². The molecule has 0 bridgehead atoms. The van der Waals surface area contributed by atoms with Gasteiger partial charge in [-0.1, -0.05) is 0 Å². The summed E-state index contributed by atoms with van der Waals surface area (Å²) in [5.74, 6) is -0.843. The molecule has 1 rings (SSSR count). The Morgan fingerprint density at radius 1 is 1.29 bits per heavy atom. The summed E-state index contributed by atoms with van der Waals surface area (Å²) in [6.07, 6.45) is 0.490. The number of halogens is 1. The molecule has 0 aliphatic carbocycles. The van der Waals surface area contributed by atoms with Gasteiger partial charge in [-0.05, 0) is 44.5 Å². The van der Waals surface area contributed by atoms with Gasteiger partial charge in [0.15, 0.2) is 9.84 Å². The molecule has 0 aliphatic heterocycles. The van der Waals surface area contributed by atoms with Crippen molar-refractivity contribution in [3.05, 3.63) is 30.1 Å². The van der Waals surface area contributed by atoms with Crippen molar-refractivity contribution in [3.63, 3.8) is 0 Å². The first kappa shape index (κ1) is 17.6. The Kier molecular flexibility index (Phi) is 6.29. The van der Waals surface area contributed by atoms with Gasteiger partial charge in [-0.25, -0.2) is 12.8 Å². The monoisotopic (exact) mass is 316 g/mol. The lowest BCUT2D eigenvalue weighted by molar-refractivity contribution is -0.121. The Morgan fingerprint density at radius 3 is 2.38 bits per heavy atom. The van der Waals surface area contributed by atoms with Crippen LogP contribution in [0.5, 0.6) is 0 Å². The van der Waals surface area contributed by atoms with Crippen molar-refractivity contribution in [3.8, 4) is 0 Å². The Labute approximate surface area is 124 Å². The molecule has 0 saturated heterocycles. The molecule has 1 aromatic carbocycles. The molecule has 118 valence electrons. The second kappa shape index (κ2) is 7.51. The number of carbonyl (C=O) groups is 1.